The van der Waals surface area contributed by atoms with Crippen molar-refractivity contribution in [2.24, 2.45) is 0 Å². The maximum absolute atomic E-state index is 13.9. The van der Waals surface area contributed by atoms with Crippen molar-refractivity contribution in [3.63, 3.8) is 0 Å². The minimum atomic E-state index is -3.05. The van der Waals surface area contributed by atoms with Crippen LogP contribution in [0.3, 0.4) is 0 Å². The number of carbonyl (C=O) groups excluding carboxylic acids is 1. The van der Waals surface area contributed by atoms with Gasteiger partial charge in [0.05, 0.1) is 6.54 Å². The van der Waals surface area contributed by atoms with Crippen molar-refractivity contribution in [1.82, 2.24) is 20.0 Å². The third-order valence-electron chi connectivity index (χ3n) is 4.24. The van der Waals surface area contributed by atoms with Gasteiger partial charge in [-0.1, -0.05) is 5.16 Å². The molecule has 1 saturated carbocycles. The SMILES string of the molecule is O=C(c1cc[nH]c(=O)c1)N1CC(F)(F)C[C@H]1c1nc(C2CC2)no1. The Bertz CT molecular complexity index is 843. The Morgan fingerprint density at radius 3 is 2.92 bits per heavy atom. The normalized spacial score (nSPS) is 22.8. The summed E-state index contributed by atoms with van der Waals surface area (Å²) in [5, 5.41) is 3.83. The van der Waals surface area contributed by atoms with E-state index >= 15 is 0 Å². The first-order valence-electron chi connectivity index (χ1n) is 7.64. The van der Waals surface area contributed by atoms with Gasteiger partial charge in [0.2, 0.25) is 11.4 Å². The van der Waals surface area contributed by atoms with Crippen LogP contribution in [0.2, 0.25) is 0 Å². The van der Waals surface area contributed by atoms with Crippen molar-refractivity contribution in [3.05, 3.63) is 46.0 Å². The number of nitrogens with zero attached hydrogens (tertiary/aromatic N) is 3. The molecule has 0 spiro atoms. The molecule has 1 atom stereocenters. The van der Waals surface area contributed by atoms with Gasteiger partial charge in [-0.2, -0.15) is 4.98 Å². The van der Waals surface area contributed by atoms with E-state index in [4.69, 9.17) is 4.52 Å². The van der Waals surface area contributed by atoms with Gasteiger partial charge in [0.25, 0.3) is 11.8 Å². The number of pyridine rings is 1. The van der Waals surface area contributed by atoms with Crippen LogP contribution in [0.5, 0.6) is 0 Å². The van der Waals surface area contributed by atoms with Gasteiger partial charge in [-0.05, 0) is 18.9 Å². The number of alkyl halides is 2. The molecule has 2 aliphatic rings. The van der Waals surface area contributed by atoms with Crippen LogP contribution in [0.15, 0.2) is 27.6 Å². The molecule has 0 bridgehead atoms. The van der Waals surface area contributed by atoms with Crippen LogP contribution in [-0.2, 0) is 0 Å². The zero-order valence-corrected chi connectivity index (χ0v) is 12.5. The third kappa shape index (κ3) is 2.70. The molecular formula is C15H14F2N4O3. The van der Waals surface area contributed by atoms with Crippen LogP contribution in [0, 0.1) is 0 Å². The number of halogens is 2. The van der Waals surface area contributed by atoms with Crippen molar-refractivity contribution in [2.45, 2.75) is 37.1 Å². The average molecular weight is 336 g/mol. The Morgan fingerprint density at radius 1 is 1.42 bits per heavy atom. The first kappa shape index (κ1) is 15.0. The zero-order valence-electron chi connectivity index (χ0n) is 12.5. The maximum Gasteiger partial charge on any atom is 0.267 e. The number of carbonyl (C=O) groups is 1. The quantitative estimate of drug-likeness (QED) is 0.923. The van der Waals surface area contributed by atoms with Crippen LogP contribution in [0.1, 0.15) is 53.3 Å². The van der Waals surface area contributed by atoms with Gasteiger partial charge in [-0.3, -0.25) is 9.59 Å². The van der Waals surface area contributed by atoms with Crippen molar-refractivity contribution < 1.29 is 18.1 Å². The number of H-pyrrole nitrogens is 1. The Morgan fingerprint density at radius 2 is 2.21 bits per heavy atom. The molecule has 9 heteroatoms. The number of nitrogens with one attached hydrogen (secondary N) is 1. The Balaban J connectivity index is 1.65. The summed E-state index contributed by atoms with van der Waals surface area (Å²) in [4.78, 5) is 31.5. The number of amides is 1. The third-order valence-corrected chi connectivity index (χ3v) is 4.24. The van der Waals surface area contributed by atoms with E-state index in [1.54, 1.807) is 0 Å². The summed E-state index contributed by atoms with van der Waals surface area (Å²) in [5.74, 6) is -2.96. The van der Waals surface area contributed by atoms with Crippen molar-refractivity contribution in [3.8, 4) is 0 Å². The molecule has 24 heavy (non-hydrogen) atoms. The first-order chi connectivity index (χ1) is 11.4. The predicted octanol–water partition coefficient (Wildman–Crippen LogP) is 1.86. The van der Waals surface area contributed by atoms with Crippen molar-refractivity contribution in [1.29, 1.82) is 0 Å². The number of rotatable bonds is 3. The second kappa shape index (κ2) is 5.22. The standard InChI is InChI=1S/C15H14F2N4O3/c16-15(17)6-10(13-19-12(20-24-13)8-1-2-8)21(7-15)14(23)9-3-4-18-11(22)5-9/h3-5,8,10H,1-2,6-7H2,(H,18,22)/t10-/m0/s1. The monoisotopic (exact) mass is 336 g/mol. The Hall–Kier alpha value is -2.58. The molecule has 1 N–H and O–H groups in total. The summed E-state index contributed by atoms with van der Waals surface area (Å²) in [6.45, 7) is -0.746. The second-order valence-electron chi connectivity index (χ2n) is 6.22. The molecule has 2 aromatic heterocycles. The van der Waals surface area contributed by atoms with E-state index < -0.39 is 36.4 Å². The van der Waals surface area contributed by atoms with Crippen LogP contribution in [0.4, 0.5) is 8.78 Å². The molecule has 2 fully saturated rings. The summed E-state index contributed by atoms with van der Waals surface area (Å²) >= 11 is 0. The molecule has 2 aromatic rings. The molecule has 3 heterocycles. The molecule has 0 aromatic carbocycles. The predicted molar refractivity (Wildman–Crippen MR) is 76.7 cm³/mol. The van der Waals surface area contributed by atoms with Gasteiger partial charge in [-0.15, -0.1) is 0 Å². The molecular weight excluding hydrogens is 322 g/mol. The number of likely N-dealkylation sites (tertiary alicyclic amines) is 1. The molecule has 0 radical (unpaired) electrons. The summed E-state index contributed by atoms with van der Waals surface area (Å²) in [6.07, 6.45) is 2.63. The molecule has 7 nitrogen and oxygen atoms in total. The highest BCUT2D eigenvalue weighted by molar-refractivity contribution is 5.94. The highest BCUT2D eigenvalue weighted by Crippen LogP contribution is 2.43. The summed E-state index contributed by atoms with van der Waals surface area (Å²) in [7, 11) is 0. The number of aromatic nitrogens is 3. The number of hydrogen-bond acceptors (Lipinski definition) is 5. The van der Waals surface area contributed by atoms with E-state index in [-0.39, 0.29) is 17.4 Å². The fraction of sp³-hybridized carbons (Fsp3) is 0.467. The van der Waals surface area contributed by atoms with Gasteiger partial charge in [-0.25, -0.2) is 8.78 Å². The molecule has 1 aliphatic heterocycles. The van der Waals surface area contributed by atoms with Crippen LogP contribution in [-0.4, -0.2) is 38.4 Å². The highest BCUT2D eigenvalue weighted by atomic mass is 19.3. The molecule has 126 valence electrons. The highest BCUT2D eigenvalue weighted by Gasteiger charge is 2.50. The smallest absolute Gasteiger partial charge is 0.267 e. The maximum atomic E-state index is 13.9. The van der Waals surface area contributed by atoms with Crippen LogP contribution in [0.25, 0.3) is 0 Å². The van der Waals surface area contributed by atoms with E-state index in [0.717, 1.165) is 23.8 Å². The lowest BCUT2D eigenvalue weighted by Crippen LogP contribution is -2.33. The van der Waals surface area contributed by atoms with Gasteiger partial charge < -0.3 is 14.4 Å². The lowest BCUT2D eigenvalue weighted by molar-refractivity contribution is 0.0117. The average Bonchev–Trinajstić information content (AvgIpc) is 3.17. The molecule has 1 saturated heterocycles. The van der Waals surface area contributed by atoms with E-state index in [0.29, 0.717) is 5.82 Å². The number of hydrogen-bond donors (Lipinski definition) is 1. The van der Waals surface area contributed by atoms with Crippen LogP contribution >= 0.6 is 0 Å². The molecule has 0 unspecified atom stereocenters. The first-order valence-corrected chi connectivity index (χ1v) is 7.64. The minimum absolute atomic E-state index is 0.0206. The van der Waals surface area contributed by atoms with Crippen molar-refractivity contribution in [2.75, 3.05) is 6.54 Å². The van der Waals surface area contributed by atoms with E-state index in [1.165, 1.54) is 12.3 Å². The van der Waals surface area contributed by atoms with Gasteiger partial charge in [0, 0.05) is 30.2 Å². The van der Waals surface area contributed by atoms with E-state index in [1.807, 2.05) is 0 Å². The molecule has 1 amide bonds. The topological polar surface area (TPSA) is 92.1 Å². The van der Waals surface area contributed by atoms with Crippen LogP contribution < -0.4 is 5.56 Å². The number of aromatic amines is 1. The minimum Gasteiger partial charge on any atom is -0.337 e. The summed E-state index contributed by atoms with van der Waals surface area (Å²) < 4.78 is 33.0. The molecule has 1 aliphatic carbocycles. The lowest BCUT2D eigenvalue weighted by Gasteiger charge is -2.21. The Kier molecular flexibility index (Phi) is 3.26. The van der Waals surface area contributed by atoms with E-state index in [9.17, 15) is 18.4 Å². The summed E-state index contributed by atoms with van der Waals surface area (Å²) in [5.41, 5.74) is -0.430. The largest absolute Gasteiger partial charge is 0.337 e. The Labute approximate surface area is 134 Å². The van der Waals surface area contributed by atoms with Crippen molar-refractivity contribution >= 4 is 5.91 Å². The summed E-state index contributed by atoms with van der Waals surface area (Å²) in [6, 6.07) is 1.46. The van der Waals surface area contributed by atoms with Gasteiger partial charge >= 0.3 is 0 Å². The molecule has 4 rings (SSSR count). The fourth-order valence-corrected chi connectivity index (χ4v) is 2.88. The second-order valence-corrected chi connectivity index (χ2v) is 6.22. The fourth-order valence-electron chi connectivity index (χ4n) is 2.88. The zero-order chi connectivity index (χ0) is 16.9. The van der Waals surface area contributed by atoms with E-state index in [2.05, 4.69) is 15.1 Å². The van der Waals surface area contributed by atoms with Gasteiger partial charge in [0.1, 0.15) is 6.04 Å². The lowest BCUT2D eigenvalue weighted by atomic mass is 10.1. The van der Waals surface area contributed by atoms with Gasteiger partial charge in [0.15, 0.2) is 5.82 Å².